The van der Waals surface area contributed by atoms with Crippen molar-refractivity contribution in [2.24, 2.45) is 0 Å². The third kappa shape index (κ3) is 6.16. The van der Waals surface area contributed by atoms with Crippen molar-refractivity contribution >= 4 is 18.0 Å². The first-order valence-electron chi connectivity index (χ1n) is 8.40. The molecule has 5 heteroatoms. The van der Waals surface area contributed by atoms with Crippen LogP contribution in [-0.4, -0.2) is 18.5 Å². The molecule has 4 nitrogen and oxygen atoms in total. The highest BCUT2D eigenvalue weighted by molar-refractivity contribution is 5.89. The maximum atomic E-state index is 13.4. The summed E-state index contributed by atoms with van der Waals surface area (Å²) in [4.78, 5) is 23.3. The Morgan fingerprint density at radius 3 is 2.46 bits per heavy atom. The van der Waals surface area contributed by atoms with Gasteiger partial charge in [0, 0.05) is 18.2 Å². The molecule has 0 aromatic heterocycles. The van der Waals surface area contributed by atoms with Crippen LogP contribution >= 0.6 is 0 Å². The first-order chi connectivity index (χ1) is 12.5. The minimum Gasteiger partial charge on any atom is -0.452 e. The molecule has 0 saturated carbocycles. The van der Waals surface area contributed by atoms with Gasteiger partial charge in [0.1, 0.15) is 5.82 Å². The largest absolute Gasteiger partial charge is 0.452 e. The maximum Gasteiger partial charge on any atom is 0.331 e. The number of halogens is 1. The Kier molecular flexibility index (Phi) is 7.09. The summed E-state index contributed by atoms with van der Waals surface area (Å²) in [6.07, 6.45) is 2.90. The maximum absolute atomic E-state index is 13.4. The van der Waals surface area contributed by atoms with Crippen LogP contribution in [0.25, 0.3) is 6.08 Å². The lowest BCUT2D eigenvalue weighted by molar-refractivity contribution is -0.143. The summed E-state index contributed by atoms with van der Waals surface area (Å²) in [5.41, 5.74) is 2.46. The van der Waals surface area contributed by atoms with Crippen molar-refractivity contribution in [1.29, 1.82) is 0 Å². The van der Waals surface area contributed by atoms with Crippen LogP contribution in [0.15, 0.2) is 54.6 Å². The molecule has 0 unspecified atom stereocenters. The van der Waals surface area contributed by atoms with Crippen LogP contribution in [-0.2, 0) is 20.9 Å². The van der Waals surface area contributed by atoms with Crippen LogP contribution in [0.3, 0.4) is 0 Å². The van der Waals surface area contributed by atoms with Crippen LogP contribution in [0.5, 0.6) is 0 Å². The Labute approximate surface area is 152 Å². The van der Waals surface area contributed by atoms with Gasteiger partial charge in [0.25, 0.3) is 5.91 Å². The third-order valence-electron chi connectivity index (χ3n) is 3.79. The lowest BCUT2D eigenvalue weighted by Gasteiger charge is -2.06. The van der Waals surface area contributed by atoms with Gasteiger partial charge in [-0.25, -0.2) is 9.18 Å². The fourth-order valence-corrected chi connectivity index (χ4v) is 2.23. The number of benzene rings is 2. The summed E-state index contributed by atoms with van der Waals surface area (Å²) in [7, 11) is 0. The number of amides is 1. The van der Waals surface area contributed by atoms with Gasteiger partial charge in [0.05, 0.1) is 0 Å². The summed E-state index contributed by atoms with van der Waals surface area (Å²) in [5.74, 6) is -1.05. The molecule has 26 heavy (non-hydrogen) atoms. The van der Waals surface area contributed by atoms with Crippen LogP contribution in [0.2, 0.25) is 0 Å². The molecule has 0 aliphatic carbocycles. The lowest BCUT2D eigenvalue weighted by atomic mass is 10.0. The Hall–Kier alpha value is -2.95. The van der Waals surface area contributed by atoms with Crippen molar-refractivity contribution in [1.82, 2.24) is 5.32 Å². The first-order valence-corrected chi connectivity index (χ1v) is 8.40. The molecule has 0 saturated heterocycles. The molecule has 2 aromatic carbocycles. The monoisotopic (exact) mass is 355 g/mol. The molecular formula is C21H22FNO3. The lowest BCUT2D eigenvalue weighted by Crippen LogP contribution is -2.28. The van der Waals surface area contributed by atoms with Gasteiger partial charge >= 0.3 is 5.97 Å². The quantitative estimate of drug-likeness (QED) is 0.607. The van der Waals surface area contributed by atoms with Gasteiger partial charge in [-0.1, -0.05) is 56.3 Å². The molecule has 2 rings (SSSR count). The molecule has 0 aliphatic heterocycles. The highest BCUT2D eigenvalue weighted by Crippen LogP contribution is 2.15. The zero-order valence-electron chi connectivity index (χ0n) is 14.9. The predicted molar refractivity (Wildman–Crippen MR) is 98.8 cm³/mol. The summed E-state index contributed by atoms with van der Waals surface area (Å²) in [6, 6.07) is 14.0. The number of rotatable bonds is 7. The molecule has 0 atom stereocenters. The molecule has 0 heterocycles. The minimum atomic E-state index is -0.612. The number of hydrogen-bond acceptors (Lipinski definition) is 3. The standard InChI is InChI=1S/C21H22FNO3/c1-15(2)17-10-7-16(8-11-17)9-12-21(25)26-14-20(24)23-13-18-5-3-4-6-19(18)22/h3-12,15H,13-14H2,1-2H3,(H,23,24)/b12-9+. The van der Waals surface area contributed by atoms with Gasteiger partial charge in [-0.05, 0) is 29.2 Å². The van der Waals surface area contributed by atoms with Crippen molar-refractivity contribution in [3.05, 3.63) is 77.1 Å². The molecule has 1 N–H and O–H groups in total. The van der Waals surface area contributed by atoms with E-state index in [2.05, 4.69) is 19.2 Å². The van der Waals surface area contributed by atoms with E-state index in [1.807, 2.05) is 24.3 Å². The smallest absolute Gasteiger partial charge is 0.331 e. The van der Waals surface area contributed by atoms with Crippen LogP contribution in [0.1, 0.15) is 36.5 Å². The third-order valence-corrected chi connectivity index (χ3v) is 3.79. The highest BCUT2D eigenvalue weighted by atomic mass is 19.1. The zero-order chi connectivity index (χ0) is 18.9. The Morgan fingerprint density at radius 2 is 1.81 bits per heavy atom. The van der Waals surface area contributed by atoms with E-state index in [0.29, 0.717) is 11.5 Å². The topological polar surface area (TPSA) is 55.4 Å². The van der Waals surface area contributed by atoms with Crippen LogP contribution < -0.4 is 5.32 Å². The minimum absolute atomic E-state index is 0.0428. The van der Waals surface area contributed by atoms with E-state index in [1.165, 1.54) is 17.7 Å². The summed E-state index contributed by atoms with van der Waals surface area (Å²) < 4.78 is 18.3. The molecule has 1 amide bonds. The van der Waals surface area contributed by atoms with Crippen LogP contribution in [0.4, 0.5) is 4.39 Å². The fraction of sp³-hybridized carbons (Fsp3) is 0.238. The van der Waals surface area contributed by atoms with Crippen molar-refractivity contribution in [2.75, 3.05) is 6.61 Å². The number of esters is 1. The average molecular weight is 355 g/mol. The molecule has 0 fully saturated rings. The van der Waals surface area contributed by atoms with Gasteiger partial charge in [-0.15, -0.1) is 0 Å². The van der Waals surface area contributed by atoms with Crippen LogP contribution in [0, 0.1) is 5.82 Å². The Morgan fingerprint density at radius 1 is 1.12 bits per heavy atom. The fourth-order valence-electron chi connectivity index (χ4n) is 2.23. The second kappa shape index (κ2) is 9.51. The first kappa shape index (κ1) is 19.4. The van der Waals surface area contributed by atoms with E-state index in [0.717, 1.165) is 5.56 Å². The van der Waals surface area contributed by atoms with E-state index in [-0.39, 0.29) is 6.54 Å². The molecule has 0 spiro atoms. The van der Waals surface area contributed by atoms with Gasteiger partial charge in [0.15, 0.2) is 6.61 Å². The second-order valence-electron chi connectivity index (χ2n) is 6.13. The number of ether oxygens (including phenoxy) is 1. The Bertz CT molecular complexity index is 782. The predicted octanol–water partition coefficient (Wildman–Crippen LogP) is 3.82. The van der Waals surface area contributed by atoms with Gasteiger partial charge in [0.2, 0.25) is 0 Å². The normalized spacial score (nSPS) is 10.9. The number of hydrogen-bond donors (Lipinski definition) is 1. The number of carbonyl (C=O) groups excluding carboxylic acids is 2. The van der Waals surface area contributed by atoms with E-state index in [9.17, 15) is 14.0 Å². The molecule has 136 valence electrons. The molecule has 0 radical (unpaired) electrons. The summed E-state index contributed by atoms with van der Waals surface area (Å²) >= 11 is 0. The van der Waals surface area contributed by atoms with E-state index in [1.54, 1.807) is 24.3 Å². The van der Waals surface area contributed by atoms with Crippen molar-refractivity contribution in [3.63, 3.8) is 0 Å². The summed E-state index contributed by atoms with van der Waals surface area (Å²) in [5, 5.41) is 2.51. The Balaban J connectivity index is 1.75. The van der Waals surface area contributed by atoms with Crippen molar-refractivity contribution in [3.8, 4) is 0 Å². The molecule has 0 bridgehead atoms. The molecule has 2 aromatic rings. The zero-order valence-corrected chi connectivity index (χ0v) is 14.9. The van der Waals surface area contributed by atoms with Gasteiger partial charge in [-0.2, -0.15) is 0 Å². The average Bonchev–Trinajstić information content (AvgIpc) is 2.64. The SMILES string of the molecule is CC(C)c1ccc(/C=C/C(=O)OCC(=O)NCc2ccccc2F)cc1. The number of carbonyl (C=O) groups is 2. The number of nitrogens with one attached hydrogen (secondary N) is 1. The molecular weight excluding hydrogens is 333 g/mol. The van der Waals surface area contributed by atoms with E-state index < -0.39 is 24.3 Å². The highest BCUT2D eigenvalue weighted by Gasteiger charge is 2.07. The summed E-state index contributed by atoms with van der Waals surface area (Å²) in [6.45, 7) is 3.85. The second-order valence-corrected chi connectivity index (χ2v) is 6.13. The van der Waals surface area contributed by atoms with Crippen molar-refractivity contribution in [2.45, 2.75) is 26.3 Å². The van der Waals surface area contributed by atoms with E-state index >= 15 is 0 Å². The molecule has 0 aliphatic rings. The van der Waals surface area contributed by atoms with Gasteiger partial charge < -0.3 is 10.1 Å². The van der Waals surface area contributed by atoms with E-state index in [4.69, 9.17) is 4.74 Å². The van der Waals surface area contributed by atoms with Gasteiger partial charge in [-0.3, -0.25) is 4.79 Å². The van der Waals surface area contributed by atoms with Crippen molar-refractivity contribution < 1.29 is 18.7 Å².